The lowest BCUT2D eigenvalue weighted by Gasteiger charge is -2.10. The molecule has 0 atom stereocenters. The molecule has 5 heteroatoms. The van der Waals surface area contributed by atoms with Crippen molar-refractivity contribution in [2.45, 2.75) is 6.92 Å². The molecule has 0 aliphatic heterocycles. The van der Waals surface area contributed by atoms with Crippen molar-refractivity contribution in [1.82, 2.24) is 0 Å². The van der Waals surface area contributed by atoms with Crippen molar-refractivity contribution < 1.29 is 19.1 Å². The Morgan fingerprint density at radius 2 is 1.71 bits per heavy atom. The zero-order chi connectivity index (χ0) is 15.4. The van der Waals surface area contributed by atoms with Crippen molar-refractivity contribution in [1.29, 1.82) is 0 Å². The van der Waals surface area contributed by atoms with Gasteiger partial charge in [0, 0.05) is 11.1 Å². The second-order valence-electron chi connectivity index (χ2n) is 4.31. The lowest BCUT2D eigenvalue weighted by atomic mass is 10.1. The fourth-order valence-electron chi connectivity index (χ4n) is 1.75. The fourth-order valence-corrected chi connectivity index (χ4v) is 1.88. The average Bonchev–Trinajstić information content (AvgIpc) is 2.47. The lowest BCUT2D eigenvalue weighted by molar-refractivity contribution is 0.0732. The molecule has 4 nitrogen and oxygen atoms in total. The summed E-state index contributed by atoms with van der Waals surface area (Å²) in [6, 6.07) is 11.0. The Morgan fingerprint density at radius 1 is 1.05 bits per heavy atom. The van der Waals surface area contributed by atoms with Gasteiger partial charge in [-0.2, -0.15) is 0 Å². The first-order valence-electron chi connectivity index (χ1n) is 6.18. The minimum Gasteiger partial charge on any atom is -0.497 e. The van der Waals surface area contributed by atoms with Gasteiger partial charge < -0.3 is 9.47 Å². The van der Waals surface area contributed by atoms with E-state index in [1.54, 1.807) is 36.4 Å². The van der Waals surface area contributed by atoms with Crippen molar-refractivity contribution in [3.8, 4) is 11.5 Å². The molecule has 0 radical (unpaired) electrons. The van der Waals surface area contributed by atoms with Gasteiger partial charge in [0.15, 0.2) is 5.78 Å². The summed E-state index contributed by atoms with van der Waals surface area (Å²) in [7, 11) is 1.49. The van der Waals surface area contributed by atoms with E-state index in [2.05, 4.69) is 0 Å². The Hall–Kier alpha value is -2.33. The van der Waals surface area contributed by atoms with Gasteiger partial charge in [0.05, 0.1) is 18.2 Å². The quantitative estimate of drug-likeness (QED) is 0.490. The normalized spacial score (nSPS) is 10.0. The minimum atomic E-state index is -0.567. The largest absolute Gasteiger partial charge is 0.497 e. The maximum absolute atomic E-state index is 12.1. The average molecular weight is 305 g/mol. The summed E-state index contributed by atoms with van der Waals surface area (Å²) in [4.78, 5) is 23.7. The summed E-state index contributed by atoms with van der Waals surface area (Å²) in [5.74, 6) is -0.0975. The predicted octanol–water partition coefficient (Wildman–Crippen LogP) is 3.77. The van der Waals surface area contributed by atoms with Gasteiger partial charge in [-0.05, 0) is 43.3 Å². The number of esters is 1. The molecule has 0 spiro atoms. The van der Waals surface area contributed by atoms with Gasteiger partial charge in [-0.1, -0.05) is 11.6 Å². The van der Waals surface area contributed by atoms with E-state index in [0.717, 1.165) is 0 Å². The first kappa shape index (κ1) is 15.1. The van der Waals surface area contributed by atoms with Crippen LogP contribution in [-0.4, -0.2) is 18.9 Å². The number of benzene rings is 2. The van der Waals surface area contributed by atoms with Crippen LogP contribution in [0.5, 0.6) is 11.5 Å². The van der Waals surface area contributed by atoms with Crippen LogP contribution < -0.4 is 9.47 Å². The molecule has 0 N–H and O–H groups in total. The van der Waals surface area contributed by atoms with Gasteiger partial charge in [-0.25, -0.2) is 4.79 Å². The lowest BCUT2D eigenvalue weighted by Crippen LogP contribution is -2.11. The number of carbonyl (C=O) groups excluding carboxylic acids is 2. The zero-order valence-corrected chi connectivity index (χ0v) is 12.3. The number of methoxy groups -OCH3 is 1. The molecule has 2 rings (SSSR count). The molecule has 0 aromatic heterocycles. The van der Waals surface area contributed by atoms with E-state index in [4.69, 9.17) is 21.1 Å². The van der Waals surface area contributed by atoms with Crippen molar-refractivity contribution >= 4 is 23.4 Å². The highest BCUT2D eigenvalue weighted by Gasteiger charge is 2.15. The Bertz CT molecular complexity index is 677. The molecule has 0 saturated heterocycles. The summed E-state index contributed by atoms with van der Waals surface area (Å²) >= 11 is 5.77. The Labute approximate surface area is 127 Å². The van der Waals surface area contributed by atoms with Crippen LogP contribution in [0.25, 0.3) is 0 Å². The van der Waals surface area contributed by atoms with Crippen LogP contribution in [0.4, 0.5) is 0 Å². The van der Waals surface area contributed by atoms with E-state index < -0.39 is 5.97 Å². The minimum absolute atomic E-state index is 0.168. The number of rotatable bonds is 4. The summed E-state index contributed by atoms with van der Waals surface area (Å²) in [5.41, 5.74) is 0.662. The summed E-state index contributed by atoms with van der Waals surface area (Å²) in [5, 5.41) is 0.525. The number of halogens is 1. The van der Waals surface area contributed by atoms with E-state index in [9.17, 15) is 9.59 Å². The highest BCUT2D eigenvalue weighted by molar-refractivity contribution is 6.30. The van der Waals surface area contributed by atoms with E-state index in [-0.39, 0.29) is 11.5 Å². The predicted molar refractivity (Wildman–Crippen MR) is 79.4 cm³/mol. The fraction of sp³-hybridized carbons (Fsp3) is 0.125. The van der Waals surface area contributed by atoms with Crippen LogP contribution in [-0.2, 0) is 0 Å². The molecule has 0 aliphatic carbocycles. The molecule has 108 valence electrons. The van der Waals surface area contributed by atoms with Crippen molar-refractivity contribution in [3.63, 3.8) is 0 Å². The summed E-state index contributed by atoms with van der Waals surface area (Å²) in [6.45, 7) is 1.40. The smallest absolute Gasteiger partial charge is 0.343 e. The van der Waals surface area contributed by atoms with E-state index >= 15 is 0 Å². The van der Waals surface area contributed by atoms with Crippen LogP contribution in [0.15, 0.2) is 42.5 Å². The van der Waals surface area contributed by atoms with E-state index in [0.29, 0.717) is 21.9 Å². The third-order valence-electron chi connectivity index (χ3n) is 2.85. The first-order valence-corrected chi connectivity index (χ1v) is 6.56. The molecule has 0 amide bonds. The molecule has 2 aromatic rings. The maximum atomic E-state index is 12.1. The number of carbonyl (C=O) groups is 2. The Kier molecular flexibility index (Phi) is 4.60. The van der Waals surface area contributed by atoms with Crippen molar-refractivity contribution in [2.75, 3.05) is 7.11 Å². The van der Waals surface area contributed by atoms with Crippen molar-refractivity contribution in [3.05, 3.63) is 58.6 Å². The molecule has 21 heavy (non-hydrogen) atoms. The number of hydrogen-bond acceptors (Lipinski definition) is 4. The van der Waals surface area contributed by atoms with Gasteiger partial charge in [0.2, 0.25) is 0 Å². The van der Waals surface area contributed by atoms with Gasteiger partial charge in [-0.15, -0.1) is 0 Å². The van der Waals surface area contributed by atoms with Crippen LogP contribution in [0.1, 0.15) is 27.6 Å². The second kappa shape index (κ2) is 6.41. The molecule has 0 bridgehead atoms. The standard InChI is InChI=1S/C16H13ClO4/c1-10(18)14-8-7-13(20-2)9-15(14)21-16(19)11-3-5-12(17)6-4-11/h3-9H,1-2H3. The SMILES string of the molecule is COc1ccc(C(C)=O)c(OC(=O)c2ccc(Cl)cc2)c1. The summed E-state index contributed by atoms with van der Waals surface area (Å²) in [6.07, 6.45) is 0. The third kappa shape index (κ3) is 3.61. The zero-order valence-electron chi connectivity index (χ0n) is 11.6. The molecule has 0 aliphatic rings. The topological polar surface area (TPSA) is 52.6 Å². The van der Waals surface area contributed by atoms with Crippen LogP contribution >= 0.6 is 11.6 Å². The number of ketones is 1. The van der Waals surface area contributed by atoms with Gasteiger partial charge in [0.1, 0.15) is 11.5 Å². The Morgan fingerprint density at radius 3 is 2.29 bits per heavy atom. The molecule has 0 unspecified atom stereocenters. The number of hydrogen-bond donors (Lipinski definition) is 0. The maximum Gasteiger partial charge on any atom is 0.343 e. The van der Waals surface area contributed by atoms with E-state index in [1.807, 2.05) is 0 Å². The molecular weight excluding hydrogens is 292 g/mol. The van der Waals surface area contributed by atoms with Gasteiger partial charge in [0.25, 0.3) is 0 Å². The van der Waals surface area contributed by atoms with Gasteiger partial charge in [-0.3, -0.25) is 4.79 Å². The van der Waals surface area contributed by atoms with E-state index in [1.165, 1.54) is 20.1 Å². The van der Waals surface area contributed by atoms with Crippen LogP contribution in [0.2, 0.25) is 5.02 Å². The van der Waals surface area contributed by atoms with Crippen LogP contribution in [0, 0.1) is 0 Å². The van der Waals surface area contributed by atoms with Gasteiger partial charge >= 0.3 is 5.97 Å². The van der Waals surface area contributed by atoms with Crippen molar-refractivity contribution in [2.24, 2.45) is 0 Å². The highest BCUT2D eigenvalue weighted by Crippen LogP contribution is 2.26. The molecule has 0 saturated carbocycles. The molecule has 0 fully saturated rings. The monoisotopic (exact) mass is 304 g/mol. The molecule has 2 aromatic carbocycles. The second-order valence-corrected chi connectivity index (χ2v) is 4.75. The number of ether oxygens (including phenoxy) is 2. The summed E-state index contributed by atoms with van der Waals surface area (Å²) < 4.78 is 10.4. The van der Waals surface area contributed by atoms with Crippen LogP contribution in [0.3, 0.4) is 0 Å². The third-order valence-corrected chi connectivity index (χ3v) is 3.10. The molecular formula is C16H13ClO4. The molecule has 0 heterocycles. The first-order chi connectivity index (χ1) is 10.0. The number of Topliss-reactive ketones (excluding diaryl/α,β-unsaturated/α-hetero) is 1. The highest BCUT2D eigenvalue weighted by atomic mass is 35.5. The Balaban J connectivity index is 2.31.